The maximum atomic E-state index is 12.2. The van der Waals surface area contributed by atoms with Crippen molar-refractivity contribution in [3.63, 3.8) is 0 Å². The Kier molecular flexibility index (Phi) is 5.38. The van der Waals surface area contributed by atoms with Gasteiger partial charge in [-0.2, -0.15) is 0 Å². The average molecular weight is 341 g/mol. The molecule has 7 heteroatoms. The summed E-state index contributed by atoms with van der Waals surface area (Å²) < 4.78 is 5.16. The van der Waals surface area contributed by atoms with Crippen molar-refractivity contribution in [3.8, 4) is 0 Å². The Balaban J connectivity index is 2.01. The molecule has 2 aromatic rings. The molecule has 0 saturated carbocycles. The number of ether oxygens (including phenoxy) is 1. The lowest BCUT2D eigenvalue weighted by Gasteiger charge is -2.15. The third-order valence-corrected chi connectivity index (χ3v) is 3.63. The van der Waals surface area contributed by atoms with E-state index in [-0.39, 0.29) is 5.56 Å². The molecule has 0 fully saturated rings. The standard InChI is InChI=1S/C18H19N3O4/c1-10-4-3-5-14(15(10)19)18(24)25-11(2)17(23)21-13-8-6-12(7-9-13)16(20)22/h3-9,11H,19H2,1-2H3,(H2,20,22)(H,21,23)/t11-/m1/s1. The van der Waals surface area contributed by atoms with Gasteiger partial charge in [0.15, 0.2) is 6.10 Å². The first-order valence-electron chi connectivity index (χ1n) is 7.56. The topological polar surface area (TPSA) is 125 Å². The number of carbonyl (C=O) groups is 3. The lowest BCUT2D eigenvalue weighted by molar-refractivity contribution is -0.123. The summed E-state index contributed by atoms with van der Waals surface area (Å²) in [5.74, 6) is -1.74. The summed E-state index contributed by atoms with van der Waals surface area (Å²) in [4.78, 5) is 35.3. The Morgan fingerprint density at radius 2 is 1.72 bits per heavy atom. The SMILES string of the molecule is Cc1cccc(C(=O)O[C@H](C)C(=O)Nc2ccc(C(N)=O)cc2)c1N. The van der Waals surface area contributed by atoms with Crippen LogP contribution in [0.15, 0.2) is 42.5 Å². The molecule has 2 amide bonds. The summed E-state index contributed by atoms with van der Waals surface area (Å²) in [5, 5.41) is 2.59. The van der Waals surface area contributed by atoms with Crippen LogP contribution >= 0.6 is 0 Å². The molecule has 25 heavy (non-hydrogen) atoms. The van der Waals surface area contributed by atoms with Crippen LogP contribution in [0.5, 0.6) is 0 Å². The summed E-state index contributed by atoms with van der Waals surface area (Å²) in [6, 6.07) is 11.0. The van der Waals surface area contributed by atoms with E-state index in [1.165, 1.54) is 37.3 Å². The summed E-state index contributed by atoms with van der Waals surface area (Å²) in [6.07, 6.45) is -1.02. The number of nitrogens with one attached hydrogen (secondary N) is 1. The minimum Gasteiger partial charge on any atom is -0.449 e. The van der Waals surface area contributed by atoms with Crippen molar-refractivity contribution >= 4 is 29.2 Å². The molecule has 0 spiro atoms. The van der Waals surface area contributed by atoms with Crippen LogP contribution in [0.25, 0.3) is 0 Å². The second kappa shape index (κ2) is 7.48. The molecule has 0 bridgehead atoms. The van der Waals surface area contributed by atoms with E-state index in [9.17, 15) is 14.4 Å². The van der Waals surface area contributed by atoms with Crippen LogP contribution in [0.3, 0.4) is 0 Å². The van der Waals surface area contributed by atoms with Crippen LogP contribution in [-0.4, -0.2) is 23.9 Å². The van der Waals surface area contributed by atoms with Gasteiger partial charge < -0.3 is 21.5 Å². The lowest BCUT2D eigenvalue weighted by atomic mass is 10.1. The molecule has 0 aromatic heterocycles. The molecule has 0 aliphatic carbocycles. The minimum atomic E-state index is -1.02. The van der Waals surface area contributed by atoms with Gasteiger partial charge in [0.05, 0.1) is 5.56 Å². The normalized spacial score (nSPS) is 11.4. The first-order valence-corrected chi connectivity index (χ1v) is 7.56. The Morgan fingerprint density at radius 3 is 2.32 bits per heavy atom. The van der Waals surface area contributed by atoms with Crippen molar-refractivity contribution in [2.45, 2.75) is 20.0 Å². The number of hydrogen-bond donors (Lipinski definition) is 3. The highest BCUT2D eigenvalue weighted by Gasteiger charge is 2.21. The maximum absolute atomic E-state index is 12.2. The Morgan fingerprint density at radius 1 is 1.08 bits per heavy atom. The van der Waals surface area contributed by atoms with Crippen molar-refractivity contribution in [1.82, 2.24) is 0 Å². The van der Waals surface area contributed by atoms with E-state index in [1.54, 1.807) is 19.1 Å². The highest BCUT2D eigenvalue weighted by atomic mass is 16.5. The molecule has 2 rings (SSSR count). The smallest absolute Gasteiger partial charge is 0.341 e. The van der Waals surface area contributed by atoms with Crippen molar-refractivity contribution in [3.05, 3.63) is 59.2 Å². The highest BCUT2D eigenvalue weighted by molar-refractivity contribution is 6.00. The molecular weight excluding hydrogens is 322 g/mol. The second-order valence-electron chi connectivity index (χ2n) is 5.51. The number of esters is 1. The van der Waals surface area contributed by atoms with Gasteiger partial charge in [-0.1, -0.05) is 12.1 Å². The zero-order valence-electron chi connectivity index (χ0n) is 13.9. The van der Waals surface area contributed by atoms with Crippen LogP contribution in [0.1, 0.15) is 33.2 Å². The van der Waals surface area contributed by atoms with Gasteiger partial charge in [-0.05, 0) is 49.7 Å². The molecule has 0 saturated heterocycles. The quantitative estimate of drug-likeness (QED) is 0.565. The number of rotatable bonds is 5. The van der Waals surface area contributed by atoms with Gasteiger partial charge in [-0.3, -0.25) is 9.59 Å². The first kappa shape index (κ1) is 18.0. The predicted molar refractivity (Wildman–Crippen MR) is 94.1 cm³/mol. The number of amides is 2. The van der Waals surface area contributed by atoms with Crippen molar-refractivity contribution in [1.29, 1.82) is 0 Å². The lowest BCUT2D eigenvalue weighted by Crippen LogP contribution is -2.30. The first-order chi connectivity index (χ1) is 11.8. The van der Waals surface area contributed by atoms with E-state index in [4.69, 9.17) is 16.2 Å². The fourth-order valence-corrected chi connectivity index (χ4v) is 2.10. The molecule has 130 valence electrons. The number of aryl methyl sites for hydroxylation is 1. The third kappa shape index (κ3) is 4.35. The van der Waals surface area contributed by atoms with Gasteiger partial charge in [0, 0.05) is 16.9 Å². The number of para-hydroxylation sites is 1. The number of primary amides is 1. The Bertz CT molecular complexity index is 816. The van der Waals surface area contributed by atoms with Gasteiger partial charge in [-0.15, -0.1) is 0 Å². The van der Waals surface area contributed by atoms with Crippen LogP contribution < -0.4 is 16.8 Å². The van der Waals surface area contributed by atoms with E-state index in [0.717, 1.165) is 5.56 Å². The van der Waals surface area contributed by atoms with Gasteiger partial charge in [0.2, 0.25) is 5.91 Å². The predicted octanol–water partition coefficient (Wildman–Crippen LogP) is 1.86. The minimum absolute atomic E-state index is 0.213. The second-order valence-corrected chi connectivity index (χ2v) is 5.51. The largest absolute Gasteiger partial charge is 0.449 e. The molecule has 1 atom stereocenters. The maximum Gasteiger partial charge on any atom is 0.341 e. The number of anilines is 2. The van der Waals surface area contributed by atoms with Gasteiger partial charge in [0.25, 0.3) is 5.91 Å². The van der Waals surface area contributed by atoms with Crippen molar-refractivity contribution in [2.24, 2.45) is 5.73 Å². The third-order valence-electron chi connectivity index (χ3n) is 3.63. The number of hydrogen-bond acceptors (Lipinski definition) is 5. The summed E-state index contributed by atoms with van der Waals surface area (Å²) in [5.41, 5.74) is 13.1. The highest BCUT2D eigenvalue weighted by Crippen LogP contribution is 2.18. The Hall–Kier alpha value is -3.35. The Labute approximate surface area is 145 Å². The van der Waals surface area contributed by atoms with Crippen molar-refractivity contribution in [2.75, 3.05) is 11.1 Å². The molecule has 7 nitrogen and oxygen atoms in total. The molecule has 0 unspecified atom stereocenters. The molecule has 0 aliphatic heterocycles. The molecule has 2 aromatic carbocycles. The van der Waals surface area contributed by atoms with Gasteiger partial charge in [0.1, 0.15) is 0 Å². The average Bonchev–Trinajstić information content (AvgIpc) is 2.57. The monoisotopic (exact) mass is 341 g/mol. The number of nitrogen functional groups attached to an aromatic ring is 1. The van der Waals surface area contributed by atoms with Crippen LogP contribution in [0.4, 0.5) is 11.4 Å². The summed E-state index contributed by atoms with van der Waals surface area (Å²) in [7, 11) is 0. The molecule has 0 aliphatic rings. The van der Waals surface area contributed by atoms with E-state index in [0.29, 0.717) is 16.9 Å². The van der Waals surface area contributed by atoms with Crippen LogP contribution in [0.2, 0.25) is 0 Å². The van der Waals surface area contributed by atoms with E-state index in [1.807, 2.05) is 0 Å². The van der Waals surface area contributed by atoms with E-state index in [2.05, 4.69) is 5.32 Å². The fraction of sp³-hybridized carbons (Fsp3) is 0.167. The number of benzene rings is 2. The molecular formula is C18H19N3O4. The van der Waals surface area contributed by atoms with Crippen molar-refractivity contribution < 1.29 is 19.1 Å². The van der Waals surface area contributed by atoms with Gasteiger partial charge >= 0.3 is 5.97 Å². The van der Waals surface area contributed by atoms with E-state index >= 15 is 0 Å². The molecule has 0 heterocycles. The fourth-order valence-electron chi connectivity index (χ4n) is 2.10. The van der Waals surface area contributed by atoms with Crippen LogP contribution in [0, 0.1) is 6.92 Å². The summed E-state index contributed by atoms with van der Waals surface area (Å²) >= 11 is 0. The van der Waals surface area contributed by atoms with Gasteiger partial charge in [-0.25, -0.2) is 4.79 Å². The number of nitrogens with two attached hydrogens (primary N) is 2. The molecule has 5 N–H and O–H groups in total. The summed E-state index contributed by atoms with van der Waals surface area (Å²) in [6.45, 7) is 3.23. The van der Waals surface area contributed by atoms with E-state index < -0.39 is 23.9 Å². The molecule has 0 radical (unpaired) electrons. The van der Waals surface area contributed by atoms with Crippen LogP contribution in [-0.2, 0) is 9.53 Å². The zero-order chi connectivity index (χ0) is 18.6. The number of carbonyl (C=O) groups excluding carboxylic acids is 3. The zero-order valence-corrected chi connectivity index (χ0v) is 13.9.